The Balaban J connectivity index is 1.79. The fourth-order valence-corrected chi connectivity index (χ4v) is 3.20. The Morgan fingerprint density at radius 2 is 2.35 bits per heavy atom. The van der Waals surface area contributed by atoms with Crippen LogP contribution in [0.1, 0.15) is 23.2 Å². The molecular formula is C14H15N3O2S. The molecular weight excluding hydrogens is 274 g/mol. The number of hydrogen-bond acceptors (Lipinski definition) is 5. The molecule has 2 aromatic rings. The van der Waals surface area contributed by atoms with Crippen LogP contribution in [0, 0.1) is 0 Å². The van der Waals surface area contributed by atoms with E-state index in [1.54, 1.807) is 13.3 Å². The summed E-state index contributed by atoms with van der Waals surface area (Å²) in [5, 5.41) is 0.668. The summed E-state index contributed by atoms with van der Waals surface area (Å²) in [6.45, 7) is 0. The van der Waals surface area contributed by atoms with Crippen molar-refractivity contribution in [3.8, 4) is 5.88 Å². The Labute approximate surface area is 120 Å². The molecule has 0 bridgehead atoms. The number of nitrogens with zero attached hydrogens (tertiary/aromatic N) is 2. The van der Waals surface area contributed by atoms with Gasteiger partial charge in [0.25, 0.3) is 5.56 Å². The molecule has 20 heavy (non-hydrogen) atoms. The Hall–Kier alpha value is -1.82. The third-order valence-corrected chi connectivity index (χ3v) is 4.25. The number of nitrogens with one attached hydrogen (secondary N) is 1. The normalized spacial score (nSPS) is 13.2. The molecule has 1 aliphatic carbocycles. The van der Waals surface area contributed by atoms with Crippen LogP contribution in [0.2, 0.25) is 0 Å². The lowest BCUT2D eigenvalue weighted by molar-refractivity contribution is 0.394. The zero-order valence-corrected chi connectivity index (χ0v) is 12.0. The van der Waals surface area contributed by atoms with Gasteiger partial charge in [0.05, 0.1) is 12.8 Å². The monoisotopic (exact) mass is 289 g/mol. The highest BCUT2D eigenvalue weighted by Gasteiger charge is 2.17. The number of aromatic amines is 1. The first kappa shape index (κ1) is 13.2. The van der Waals surface area contributed by atoms with E-state index < -0.39 is 0 Å². The Morgan fingerprint density at radius 1 is 1.45 bits per heavy atom. The molecule has 0 saturated heterocycles. The van der Waals surface area contributed by atoms with Gasteiger partial charge in [-0.3, -0.25) is 4.79 Å². The van der Waals surface area contributed by atoms with Crippen molar-refractivity contribution in [2.45, 2.75) is 30.2 Å². The number of aryl methyl sites for hydroxylation is 1. The maximum atomic E-state index is 11.9. The van der Waals surface area contributed by atoms with Gasteiger partial charge in [-0.15, -0.1) is 0 Å². The number of ether oxygens (including phenoxy) is 1. The van der Waals surface area contributed by atoms with E-state index in [1.807, 2.05) is 12.1 Å². The number of aromatic nitrogens is 3. The summed E-state index contributed by atoms with van der Waals surface area (Å²) in [5.41, 5.74) is 2.80. The Kier molecular flexibility index (Phi) is 3.73. The molecule has 104 valence electrons. The molecule has 3 rings (SSSR count). The van der Waals surface area contributed by atoms with Gasteiger partial charge in [-0.25, -0.2) is 9.97 Å². The van der Waals surface area contributed by atoms with Crippen LogP contribution in [-0.2, 0) is 18.6 Å². The molecule has 0 aromatic carbocycles. The maximum Gasteiger partial charge on any atom is 0.254 e. The highest BCUT2D eigenvalue weighted by atomic mass is 32.2. The van der Waals surface area contributed by atoms with E-state index in [0.29, 0.717) is 16.8 Å². The molecule has 0 aliphatic heterocycles. The van der Waals surface area contributed by atoms with Crippen molar-refractivity contribution in [1.29, 1.82) is 0 Å². The van der Waals surface area contributed by atoms with Gasteiger partial charge in [-0.1, -0.05) is 17.8 Å². The van der Waals surface area contributed by atoms with E-state index >= 15 is 0 Å². The second kappa shape index (κ2) is 5.66. The smallest absolute Gasteiger partial charge is 0.254 e. The van der Waals surface area contributed by atoms with Crippen molar-refractivity contribution in [2.24, 2.45) is 0 Å². The number of thioether (sulfide) groups is 1. The molecule has 0 fully saturated rings. The Morgan fingerprint density at radius 3 is 3.20 bits per heavy atom. The molecule has 0 spiro atoms. The third-order valence-electron chi connectivity index (χ3n) is 3.33. The standard InChI is InChI=1S/C14H15N3O2S/c1-19-13-9(4-3-7-15-13)8-20-14-16-11-6-2-5-10(11)12(18)17-14/h3-4,7H,2,5-6,8H2,1H3,(H,16,17,18). The Bertz CT molecular complexity index is 684. The van der Waals surface area contributed by atoms with E-state index in [-0.39, 0.29) is 5.56 Å². The van der Waals surface area contributed by atoms with E-state index in [1.165, 1.54) is 11.8 Å². The minimum Gasteiger partial charge on any atom is -0.481 e. The fourth-order valence-electron chi connectivity index (χ4n) is 2.35. The quantitative estimate of drug-likeness (QED) is 0.688. The summed E-state index contributed by atoms with van der Waals surface area (Å²) < 4.78 is 5.21. The van der Waals surface area contributed by atoms with Crippen LogP contribution < -0.4 is 10.3 Å². The summed E-state index contributed by atoms with van der Waals surface area (Å²) in [6.07, 6.45) is 4.47. The van der Waals surface area contributed by atoms with E-state index in [4.69, 9.17) is 4.74 Å². The number of hydrogen-bond donors (Lipinski definition) is 1. The van der Waals surface area contributed by atoms with Gasteiger partial charge >= 0.3 is 0 Å². The molecule has 0 amide bonds. The topological polar surface area (TPSA) is 67.9 Å². The minimum absolute atomic E-state index is 0.00755. The first-order chi connectivity index (χ1) is 9.78. The van der Waals surface area contributed by atoms with Crippen molar-refractivity contribution < 1.29 is 4.74 Å². The van der Waals surface area contributed by atoms with Crippen LogP contribution in [-0.4, -0.2) is 22.1 Å². The molecule has 0 saturated carbocycles. The van der Waals surface area contributed by atoms with Crippen LogP contribution in [0.15, 0.2) is 28.3 Å². The van der Waals surface area contributed by atoms with Crippen LogP contribution in [0.3, 0.4) is 0 Å². The molecule has 0 unspecified atom stereocenters. The summed E-state index contributed by atoms with van der Waals surface area (Å²) >= 11 is 1.50. The SMILES string of the molecule is COc1ncccc1CSc1nc2c(c(=O)[nH]1)CCC2. The van der Waals surface area contributed by atoms with Crippen LogP contribution in [0.4, 0.5) is 0 Å². The predicted molar refractivity (Wildman–Crippen MR) is 77.2 cm³/mol. The first-order valence-corrected chi connectivity index (χ1v) is 7.49. The van der Waals surface area contributed by atoms with Crippen LogP contribution in [0.25, 0.3) is 0 Å². The fraction of sp³-hybridized carbons (Fsp3) is 0.357. The molecule has 1 N–H and O–H groups in total. The molecule has 2 heterocycles. The minimum atomic E-state index is 0.00755. The zero-order chi connectivity index (χ0) is 13.9. The first-order valence-electron chi connectivity index (χ1n) is 6.50. The van der Waals surface area contributed by atoms with Crippen LogP contribution >= 0.6 is 11.8 Å². The van der Waals surface area contributed by atoms with E-state index in [0.717, 1.165) is 36.1 Å². The van der Waals surface area contributed by atoms with Crippen molar-refractivity contribution >= 4 is 11.8 Å². The molecule has 2 aromatic heterocycles. The number of fused-ring (bicyclic) bond motifs is 1. The third kappa shape index (κ3) is 2.56. The molecule has 0 atom stereocenters. The van der Waals surface area contributed by atoms with Gasteiger partial charge < -0.3 is 9.72 Å². The average molecular weight is 289 g/mol. The van der Waals surface area contributed by atoms with Gasteiger partial charge in [0.15, 0.2) is 5.16 Å². The highest BCUT2D eigenvalue weighted by Crippen LogP contribution is 2.25. The average Bonchev–Trinajstić information content (AvgIpc) is 2.94. The number of pyridine rings is 1. The van der Waals surface area contributed by atoms with Crippen molar-refractivity contribution in [3.63, 3.8) is 0 Å². The summed E-state index contributed by atoms with van der Waals surface area (Å²) in [7, 11) is 1.60. The number of methoxy groups -OCH3 is 1. The maximum absolute atomic E-state index is 11.9. The van der Waals surface area contributed by atoms with Crippen molar-refractivity contribution in [3.05, 3.63) is 45.5 Å². The van der Waals surface area contributed by atoms with Gasteiger partial charge in [-0.2, -0.15) is 0 Å². The largest absolute Gasteiger partial charge is 0.481 e. The van der Waals surface area contributed by atoms with E-state index in [2.05, 4.69) is 15.0 Å². The van der Waals surface area contributed by atoms with Gasteiger partial charge in [0.2, 0.25) is 5.88 Å². The molecule has 6 heteroatoms. The van der Waals surface area contributed by atoms with Gasteiger partial charge in [-0.05, 0) is 25.3 Å². The number of H-pyrrole nitrogens is 1. The van der Waals surface area contributed by atoms with E-state index in [9.17, 15) is 4.79 Å². The molecule has 0 radical (unpaired) electrons. The predicted octanol–water partition coefficient (Wildman–Crippen LogP) is 1.95. The van der Waals surface area contributed by atoms with Crippen LogP contribution in [0.5, 0.6) is 5.88 Å². The molecule has 1 aliphatic rings. The second-order valence-corrected chi connectivity index (χ2v) is 5.57. The summed E-state index contributed by atoms with van der Waals surface area (Å²) in [6, 6.07) is 3.83. The summed E-state index contributed by atoms with van der Waals surface area (Å²) in [5.74, 6) is 1.28. The zero-order valence-electron chi connectivity index (χ0n) is 11.2. The highest BCUT2D eigenvalue weighted by molar-refractivity contribution is 7.98. The lowest BCUT2D eigenvalue weighted by Crippen LogP contribution is -2.14. The van der Waals surface area contributed by atoms with Crippen molar-refractivity contribution in [1.82, 2.24) is 15.0 Å². The second-order valence-electron chi connectivity index (χ2n) is 4.61. The molecule has 5 nitrogen and oxygen atoms in total. The van der Waals surface area contributed by atoms with Gasteiger partial charge in [0.1, 0.15) is 0 Å². The lowest BCUT2D eigenvalue weighted by Gasteiger charge is -2.07. The van der Waals surface area contributed by atoms with Crippen molar-refractivity contribution in [2.75, 3.05) is 7.11 Å². The lowest BCUT2D eigenvalue weighted by atomic mass is 10.3. The van der Waals surface area contributed by atoms with Gasteiger partial charge in [0, 0.05) is 23.1 Å². The summed E-state index contributed by atoms with van der Waals surface area (Å²) in [4.78, 5) is 23.5. The number of rotatable bonds is 4.